The molecule has 2 aliphatic heterocycles. The molecule has 10 heteroatoms. The molecule has 0 bridgehead atoms. The monoisotopic (exact) mass is 374 g/mol. The summed E-state index contributed by atoms with van der Waals surface area (Å²) in [7, 11) is 0. The number of halogens is 1. The Labute approximate surface area is 154 Å². The largest absolute Gasteiger partial charge is 0.350 e. The van der Waals surface area contributed by atoms with Gasteiger partial charge in [-0.3, -0.25) is 14.9 Å². The summed E-state index contributed by atoms with van der Waals surface area (Å²) < 4.78 is 13.4. The maximum atomic E-state index is 13.4. The number of alkyl halides is 1. The van der Waals surface area contributed by atoms with Gasteiger partial charge in [-0.25, -0.2) is 9.37 Å². The topological polar surface area (TPSA) is 115 Å². The molecule has 0 spiro atoms. The number of carbonyl (C=O) groups excluding carboxylic acids is 1. The summed E-state index contributed by atoms with van der Waals surface area (Å²) in [5.41, 5.74) is -0.00385. The van der Waals surface area contributed by atoms with E-state index in [2.05, 4.69) is 10.3 Å². The molecule has 0 aromatic carbocycles. The van der Waals surface area contributed by atoms with Crippen LogP contribution in [0, 0.1) is 33.3 Å². The lowest BCUT2D eigenvalue weighted by atomic mass is 10.2. The fraction of sp³-hybridized carbons (Fsp3) is 0.588. The van der Waals surface area contributed by atoms with E-state index < -0.39 is 17.1 Å². The normalized spacial score (nSPS) is 31.5. The Bertz CT molecular complexity index is 802. The second-order valence-corrected chi connectivity index (χ2v) is 7.27. The number of hydrogen-bond acceptors (Lipinski definition) is 7. The SMILES string of the molecule is N#C[C@@H]1C[C@H](F)CN1C(=O)CNC1[C@H]2CN(c3ncccc3[N+](=O)[O-])C[C@@H]12. The van der Waals surface area contributed by atoms with Crippen LogP contribution in [0.1, 0.15) is 6.42 Å². The first-order valence-electron chi connectivity index (χ1n) is 8.90. The number of carbonyl (C=O) groups is 1. The molecule has 27 heavy (non-hydrogen) atoms. The Morgan fingerprint density at radius 2 is 2.19 bits per heavy atom. The second kappa shape index (κ2) is 6.74. The molecule has 142 valence electrons. The van der Waals surface area contributed by atoms with Crippen LogP contribution in [0.15, 0.2) is 18.3 Å². The van der Waals surface area contributed by atoms with E-state index in [9.17, 15) is 19.3 Å². The minimum atomic E-state index is -1.14. The zero-order valence-electron chi connectivity index (χ0n) is 14.5. The van der Waals surface area contributed by atoms with Gasteiger partial charge in [-0.2, -0.15) is 5.26 Å². The molecule has 1 aromatic rings. The maximum absolute atomic E-state index is 13.4. The van der Waals surface area contributed by atoms with Crippen LogP contribution in [0.25, 0.3) is 0 Å². The van der Waals surface area contributed by atoms with Crippen molar-refractivity contribution in [2.75, 3.05) is 31.1 Å². The van der Waals surface area contributed by atoms with Gasteiger partial charge in [0.1, 0.15) is 12.2 Å². The molecule has 9 nitrogen and oxygen atoms in total. The molecule has 3 aliphatic rings. The van der Waals surface area contributed by atoms with Crippen molar-refractivity contribution < 1.29 is 14.1 Å². The van der Waals surface area contributed by atoms with E-state index in [0.29, 0.717) is 30.7 Å². The van der Waals surface area contributed by atoms with Crippen molar-refractivity contribution in [2.24, 2.45) is 11.8 Å². The first-order valence-corrected chi connectivity index (χ1v) is 8.90. The van der Waals surface area contributed by atoms with E-state index >= 15 is 0 Å². The Kier molecular flexibility index (Phi) is 4.39. The van der Waals surface area contributed by atoms with E-state index in [1.165, 1.54) is 11.0 Å². The van der Waals surface area contributed by atoms with E-state index in [4.69, 9.17) is 5.26 Å². The fourth-order valence-corrected chi connectivity index (χ4v) is 4.27. The number of nitrogens with zero attached hydrogens (tertiary/aromatic N) is 5. The highest BCUT2D eigenvalue weighted by Crippen LogP contribution is 2.47. The molecule has 5 atom stereocenters. The van der Waals surface area contributed by atoms with E-state index in [1.54, 1.807) is 12.3 Å². The standard InChI is InChI=1S/C17H19FN6O3/c18-10-4-11(5-19)23(7-10)15(25)6-21-16-12-8-22(9-13(12)16)17-14(24(26)27)2-1-3-20-17/h1-3,10-13,16,21H,4,6-9H2/t10-,11-,12-,13+,16?/m0/s1. The highest BCUT2D eigenvalue weighted by molar-refractivity contribution is 5.79. The Balaban J connectivity index is 1.30. The third-order valence-electron chi connectivity index (χ3n) is 5.66. The van der Waals surface area contributed by atoms with Crippen molar-refractivity contribution in [3.63, 3.8) is 0 Å². The Hall–Kier alpha value is -2.80. The Morgan fingerprint density at radius 3 is 2.85 bits per heavy atom. The van der Waals surface area contributed by atoms with Gasteiger partial charge in [0.05, 0.1) is 24.1 Å². The van der Waals surface area contributed by atoms with Crippen molar-refractivity contribution in [2.45, 2.75) is 24.7 Å². The minimum absolute atomic E-state index is 0.00385. The van der Waals surface area contributed by atoms with Crippen molar-refractivity contribution in [1.82, 2.24) is 15.2 Å². The van der Waals surface area contributed by atoms with Crippen LogP contribution in [0.5, 0.6) is 0 Å². The summed E-state index contributed by atoms with van der Waals surface area (Å²) >= 11 is 0. The van der Waals surface area contributed by atoms with Gasteiger partial charge in [0.15, 0.2) is 0 Å². The van der Waals surface area contributed by atoms with Crippen molar-refractivity contribution in [3.8, 4) is 6.07 Å². The molecule has 1 aromatic heterocycles. The Morgan fingerprint density at radius 1 is 1.44 bits per heavy atom. The lowest BCUT2D eigenvalue weighted by molar-refractivity contribution is -0.384. The quantitative estimate of drug-likeness (QED) is 0.588. The second-order valence-electron chi connectivity index (χ2n) is 7.27. The number of pyridine rings is 1. The smallest absolute Gasteiger partial charge is 0.311 e. The zero-order chi connectivity index (χ0) is 19.1. The summed E-state index contributed by atoms with van der Waals surface area (Å²) in [6.45, 7) is 1.34. The van der Waals surface area contributed by atoms with Crippen LogP contribution in [0.3, 0.4) is 0 Å². The fourth-order valence-electron chi connectivity index (χ4n) is 4.27. The van der Waals surface area contributed by atoms with Gasteiger partial charge in [-0.1, -0.05) is 0 Å². The molecule has 3 fully saturated rings. The number of aromatic nitrogens is 1. The molecular weight excluding hydrogens is 355 g/mol. The molecule has 0 radical (unpaired) electrons. The molecule has 2 saturated heterocycles. The van der Waals surface area contributed by atoms with Crippen LogP contribution in [-0.4, -0.2) is 65.1 Å². The number of nitro groups is 1. The molecule has 1 N–H and O–H groups in total. The van der Waals surface area contributed by atoms with Gasteiger partial charge in [0, 0.05) is 37.8 Å². The van der Waals surface area contributed by atoms with Crippen molar-refractivity contribution in [1.29, 1.82) is 5.26 Å². The number of nitrogens with one attached hydrogen (secondary N) is 1. The lowest BCUT2D eigenvalue weighted by Gasteiger charge is -2.22. The summed E-state index contributed by atoms with van der Waals surface area (Å²) in [5, 5.41) is 23.4. The molecule has 3 heterocycles. The number of likely N-dealkylation sites (tertiary alicyclic amines) is 1. The predicted molar refractivity (Wildman–Crippen MR) is 92.5 cm³/mol. The minimum Gasteiger partial charge on any atom is -0.350 e. The van der Waals surface area contributed by atoms with Gasteiger partial charge in [0.2, 0.25) is 11.7 Å². The number of anilines is 1. The van der Waals surface area contributed by atoms with E-state index in [0.717, 1.165) is 0 Å². The number of amides is 1. The predicted octanol–water partition coefficient (Wildman–Crippen LogP) is 0.477. The summed E-state index contributed by atoms with van der Waals surface area (Å²) in [6.07, 6.45) is 0.483. The van der Waals surface area contributed by atoms with Gasteiger partial charge in [-0.15, -0.1) is 0 Å². The average molecular weight is 374 g/mol. The molecule has 1 amide bonds. The zero-order valence-corrected chi connectivity index (χ0v) is 14.5. The number of fused-ring (bicyclic) bond motifs is 1. The van der Waals surface area contributed by atoms with Crippen LogP contribution in [-0.2, 0) is 4.79 Å². The van der Waals surface area contributed by atoms with Crippen LogP contribution >= 0.6 is 0 Å². The lowest BCUT2D eigenvalue weighted by Crippen LogP contribution is -2.43. The van der Waals surface area contributed by atoms with E-state index in [-0.39, 0.29) is 37.1 Å². The van der Waals surface area contributed by atoms with Crippen LogP contribution < -0.4 is 10.2 Å². The third kappa shape index (κ3) is 3.19. The van der Waals surface area contributed by atoms with Gasteiger partial charge < -0.3 is 15.1 Å². The summed E-state index contributed by atoms with van der Waals surface area (Å²) in [4.78, 5) is 30.4. The van der Waals surface area contributed by atoms with E-state index in [1.807, 2.05) is 11.0 Å². The number of nitriles is 1. The molecule has 1 unspecified atom stereocenters. The van der Waals surface area contributed by atoms with Crippen LogP contribution in [0.4, 0.5) is 15.9 Å². The van der Waals surface area contributed by atoms with Crippen molar-refractivity contribution >= 4 is 17.4 Å². The number of hydrogen-bond donors (Lipinski definition) is 1. The van der Waals surface area contributed by atoms with Crippen molar-refractivity contribution in [3.05, 3.63) is 28.4 Å². The molecular formula is C17H19FN6O3. The first-order chi connectivity index (χ1) is 13.0. The first kappa shape index (κ1) is 17.6. The highest BCUT2D eigenvalue weighted by atomic mass is 19.1. The maximum Gasteiger partial charge on any atom is 0.311 e. The number of rotatable bonds is 5. The summed E-state index contributed by atoms with van der Waals surface area (Å²) in [6, 6.07) is 4.44. The summed E-state index contributed by atoms with van der Waals surface area (Å²) in [5.74, 6) is 0.730. The average Bonchev–Trinajstić information content (AvgIpc) is 3.00. The molecule has 4 rings (SSSR count). The van der Waals surface area contributed by atoms with Gasteiger partial charge in [-0.05, 0) is 17.9 Å². The third-order valence-corrected chi connectivity index (χ3v) is 5.66. The van der Waals surface area contributed by atoms with Gasteiger partial charge in [0.25, 0.3) is 0 Å². The molecule has 1 saturated carbocycles. The highest BCUT2D eigenvalue weighted by Gasteiger charge is 2.56. The molecule has 1 aliphatic carbocycles. The number of piperidine rings is 1. The van der Waals surface area contributed by atoms with Gasteiger partial charge >= 0.3 is 5.69 Å². The van der Waals surface area contributed by atoms with Crippen LogP contribution in [0.2, 0.25) is 0 Å².